The Morgan fingerprint density at radius 3 is 2.17 bits per heavy atom. The van der Waals surface area contributed by atoms with Crippen LogP contribution >= 0.6 is 0 Å². The van der Waals surface area contributed by atoms with Crippen molar-refractivity contribution in [3.63, 3.8) is 0 Å². The van der Waals surface area contributed by atoms with Crippen LogP contribution in [0.5, 0.6) is 0 Å². The molecule has 1 heterocycles. The molecular weight excluding hydrogens is 378 g/mol. The molecule has 158 valence electrons. The van der Waals surface area contributed by atoms with E-state index in [0.29, 0.717) is 11.3 Å². The number of carbonyl (C=O) groups excluding carboxylic acids is 3. The average molecular weight is 408 g/mol. The average Bonchev–Trinajstić information content (AvgIpc) is 2.92. The van der Waals surface area contributed by atoms with Crippen LogP contribution in [-0.2, 0) is 27.0 Å². The lowest BCUT2D eigenvalue weighted by atomic mass is 9.84. The molecule has 2 N–H and O–H groups in total. The molecule has 1 saturated heterocycles. The Hall–Kier alpha value is -3.15. The van der Waals surface area contributed by atoms with E-state index in [1.54, 1.807) is 6.92 Å². The van der Waals surface area contributed by atoms with Gasteiger partial charge >= 0.3 is 6.03 Å². The Balaban J connectivity index is 1.72. The zero-order valence-electron chi connectivity index (χ0n) is 18.2. The van der Waals surface area contributed by atoms with Gasteiger partial charge in [0.05, 0.1) is 0 Å². The zero-order chi connectivity index (χ0) is 22.1. The molecule has 3 rings (SSSR count). The van der Waals surface area contributed by atoms with E-state index >= 15 is 0 Å². The Labute approximate surface area is 177 Å². The van der Waals surface area contributed by atoms with Gasteiger partial charge in [0.25, 0.3) is 5.91 Å². The van der Waals surface area contributed by atoms with Crippen molar-refractivity contribution in [2.75, 3.05) is 11.9 Å². The standard InChI is InChI=1S/C24H29N3O3/c1-6-16-7-13-19(14-8-16)25-20(28)15-27-21(29)24(5,26-22(27)30)18-11-9-17(10-12-18)23(2,3)4/h7-14H,6,15H2,1-5H3,(H,25,28)(H,26,30). The maximum absolute atomic E-state index is 13.1. The Morgan fingerprint density at radius 1 is 1.03 bits per heavy atom. The van der Waals surface area contributed by atoms with E-state index < -0.39 is 23.4 Å². The minimum atomic E-state index is -1.20. The van der Waals surface area contributed by atoms with Crippen LogP contribution in [-0.4, -0.2) is 29.3 Å². The number of benzene rings is 2. The van der Waals surface area contributed by atoms with Crippen molar-refractivity contribution in [3.05, 3.63) is 65.2 Å². The summed E-state index contributed by atoms with van der Waals surface area (Å²) < 4.78 is 0. The highest BCUT2D eigenvalue weighted by molar-refractivity contribution is 6.10. The van der Waals surface area contributed by atoms with Crippen molar-refractivity contribution in [2.45, 2.75) is 52.0 Å². The third-order valence-electron chi connectivity index (χ3n) is 5.55. The van der Waals surface area contributed by atoms with Gasteiger partial charge in [0.15, 0.2) is 0 Å². The lowest BCUT2D eigenvalue weighted by molar-refractivity contribution is -0.133. The molecule has 0 bridgehead atoms. The molecule has 2 aromatic carbocycles. The smallest absolute Gasteiger partial charge is 0.325 e. The number of aryl methyl sites for hydroxylation is 1. The second kappa shape index (κ2) is 7.94. The molecule has 4 amide bonds. The Bertz CT molecular complexity index is 959. The molecule has 1 unspecified atom stereocenters. The van der Waals surface area contributed by atoms with Crippen LogP contribution in [0, 0.1) is 0 Å². The van der Waals surface area contributed by atoms with Gasteiger partial charge in [-0.25, -0.2) is 4.79 Å². The molecule has 1 aliphatic heterocycles. The molecule has 0 saturated carbocycles. The summed E-state index contributed by atoms with van der Waals surface area (Å²) in [5.41, 5.74) is 2.40. The number of hydrogen-bond donors (Lipinski definition) is 2. The van der Waals surface area contributed by atoms with Gasteiger partial charge in [-0.3, -0.25) is 14.5 Å². The molecule has 0 spiro atoms. The number of anilines is 1. The van der Waals surface area contributed by atoms with Gasteiger partial charge in [0.1, 0.15) is 12.1 Å². The second-order valence-electron chi connectivity index (χ2n) is 8.87. The number of carbonyl (C=O) groups is 3. The summed E-state index contributed by atoms with van der Waals surface area (Å²) in [6.45, 7) is 9.72. The second-order valence-corrected chi connectivity index (χ2v) is 8.87. The summed E-state index contributed by atoms with van der Waals surface area (Å²) in [6, 6.07) is 14.6. The van der Waals surface area contributed by atoms with E-state index in [1.807, 2.05) is 48.5 Å². The normalized spacial score (nSPS) is 19.0. The summed E-state index contributed by atoms with van der Waals surface area (Å²) >= 11 is 0. The van der Waals surface area contributed by atoms with E-state index in [9.17, 15) is 14.4 Å². The van der Waals surface area contributed by atoms with Crippen LogP contribution in [0.3, 0.4) is 0 Å². The van der Waals surface area contributed by atoms with Crippen molar-refractivity contribution >= 4 is 23.5 Å². The molecule has 30 heavy (non-hydrogen) atoms. The quantitative estimate of drug-likeness (QED) is 0.737. The molecule has 0 radical (unpaired) electrons. The van der Waals surface area contributed by atoms with Crippen molar-refractivity contribution in [3.8, 4) is 0 Å². The topological polar surface area (TPSA) is 78.5 Å². The lowest BCUT2D eigenvalue weighted by Crippen LogP contribution is -2.42. The first kappa shape index (κ1) is 21.6. The summed E-state index contributed by atoms with van der Waals surface area (Å²) in [4.78, 5) is 38.9. The summed E-state index contributed by atoms with van der Waals surface area (Å²) in [6.07, 6.45) is 0.909. The molecule has 6 heteroatoms. The minimum Gasteiger partial charge on any atom is -0.325 e. The predicted molar refractivity (Wildman–Crippen MR) is 117 cm³/mol. The SMILES string of the molecule is CCc1ccc(NC(=O)CN2C(=O)NC(C)(c3ccc(C(C)(C)C)cc3)C2=O)cc1. The van der Waals surface area contributed by atoms with Crippen LogP contribution in [0.2, 0.25) is 0 Å². The fraction of sp³-hybridized carbons (Fsp3) is 0.375. The van der Waals surface area contributed by atoms with Gasteiger partial charge in [-0.1, -0.05) is 64.1 Å². The Morgan fingerprint density at radius 2 is 1.63 bits per heavy atom. The number of nitrogens with one attached hydrogen (secondary N) is 2. The van der Waals surface area contributed by atoms with Crippen LogP contribution in [0.1, 0.15) is 51.3 Å². The first-order chi connectivity index (χ1) is 14.0. The van der Waals surface area contributed by atoms with E-state index in [0.717, 1.165) is 22.4 Å². The molecular formula is C24H29N3O3. The summed E-state index contributed by atoms with van der Waals surface area (Å²) in [5, 5.41) is 5.49. The Kier molecular flexibility index (Phi) is 5.70. The van der Waals surface area contributed by atoms with Crippen LogP contribution in [0.15, 0.2) is 48.5 Å². The van der Waals surface area contributed by atoms with Crippen LogP contribution in [0.25, 0.3) is 0 Å². The van der Waals surface area contributed by atoms with E-state index in [-0.39, 0.29) is 12.0 Å². The molecule has 6 nitrogen and oxygen atoms in total. The molecule has 1 aliphatic rings. The highest BCUT2D eigenvalue weighted by Crippen LogP contribution is 2.31. The van der Waals surface area contributed by atoms with Gasteiger partial charge in [-0.15, -0.1) is 0 Å². The largest absolute Gasteiger partial charge is 0.325 e. The summed E-state index contributed by atoms with van der Waals surface area (Å²) in [7, 11) is 0. The number of rotatable bonds is 5. The van der Waals surface area contributed by atoms with Gasteiger partial charge < -0.3 is 10.6 Å². The number of hydrogen-bond acceptors (Lipinski definition) is 3. The van der Waals surface area contributed by atoms with Gasteiger partial charge in [0.2, 0.25) is 5.91 Å². The van der Waals surface area contributed by atoms with Crippen molar-refractivity contribution < 1.29 is 14.4 Å². The van der Waals surface area contributed by atoms with E-state index in [2.05, 4.69) is 38.3 Å². The highest BCUT2D eigenvalue weighted by atomic mass is 16.2. The lowest BCUT2D eigenvalue weighted by Gasteiger charge is -2.24. The van der Waals surface area contributed by atoms with Gasteiger partial charge in [-0.05, 0) is 47.6 Å². The van der Waals surface area contributed by atoms with Crippen LogP contribution < -0.4 is 10.6 Å². The van der Waals surface area contributed by atoms with Gasteiger partial charge in [0, 0.05) is 5.69 Å². The maximum Gasteiger partial charge on any atom is 0.325 e. The monoisotopic (exact) mass is 407 g/mol. The molecule has 2 aromatic rings. The van der Waals surface area contributed by atoms with E-state index in [1.165, 1.54) is 0 Å². The van der Waals surface area contributed by atoms with Gasteiger partial charge in [-0.2, -0.15) is 0 Å². The third-order valence-corrected chi connectivity index (χ3v) is 5.55. The molecule has 1 fully saturated rings. The fourth-order valence-electron chi connectivity index (χ4n) is 3.51. The van der Waals surface area contributed by atoms with Crippen LogP contribution in [0.4, 0.5) is 10.5 Å². The van der Waals surface area contributed by atoms with Crippen molar-refractivity contribution in [1.29, 1.82) is 0 Å². The minimum absolute atomic E-state index is 0.0121. The predicted octanol–water partition coefficient (Wildman–Crippen LogP) is 3.95. The molecule has 0 aliphatic carbocycles. The summed E-state index contributed by atoms with van der Waals surface area (Å²) in [5.74, 6) is -0.859. The first-order valence-corrected chi connectivity index (χ1v) is 10.2. The number of imide groups is 1. The zero-order valence-corrected chi connectivity index (χ0v) is 18.2. The molecule has 1 atom stereocenters. The maximum atomic E-state index is 13.1. The van der Waals surface area contributed by atoms with Crippen molar-refractivity contribution in [1.82, 2.24) is 10.2 Å². The molecule has 0 aromatic heterocycles. The number of nitrogens with zero attached hydrogens (tertiary/aromatic N) is 1. The first-order valence-electron chi connectivity index (χ1n) is 10.2. The number of amides is 4. The number of urea groups is 1. The van der Waals surface area contributed by atoms with Crippen molar-refractivity contribution in [2.24, 2.45) is 0 Å². The van der Waals surface area contributed by atoms with E-state index in [4.69, 9.17) is 0 Å². The third kappa shape index (κ3) is 4.22. The highest BCUT2D eigenvalue weighted by Gasteiger charge is 2.49. The fourth-order valence-corrected chi connectivity index (χ4v) is 3.51.